The normalized spacial score (nSPS) is 11.7. The Hall–Kier alpha value is -4.63. The Morgan fingerprint density at radius 3 is 2.32 bits per heavy atom. The highest BCUT2D eigenvalue weighted by Gasteiger charge is 2.23. The van der Waals surface area contributed by atoms with Crippen LogP contribution in [0.4, 0.5) is 0 Å². The molecule has 3 aromatic carbocycles. The van der Waals surface area contributed by atoms with Crippen LogP contribution < -0.4 is 15.2 Å². The molecule has 4 aromatic rings. The monoisotopic (exact) mass is 558 g/mol. The first-order chi connectivity index (χ1) is 19.7. The van der Waals surface area contributed by atoms with Crippen LogP contribution in [0.2, 0.25) is 0 Å². The molecule has 0 saturated heterocycles. The van der Waals surface area contributed by atoms with E-state index in [4.69, 9.17) is 29.5 Å². The van der Waals surface area contributed by atoms with Crippen LogP contribution in [0.3, 0.4) is 0 Å². The molecule has 0 aliphatic carbocycles. The van der Waals surface area contributed by atoms with E-state index in [2.05, 4.69) is 4.98 Å². The largest absolute Gasteiger partial charge is 0.493 e. The molecule has 9 heteroatoms. The highest BCUT2D eigenvalue weighted by atomic mass is 16.5. The van der Waals surface area contributed by atoms with Crippen molar-refractivity contribution in [2.24, 2.45) is 5.73 Å². The molecular formula is C32H34N2O7. The number of ether oxygens (including phenoxy) is 3. The van der Waals surface area contributed by atoms with Crippen molar-refractivity contribution < 1.29 is 33.3 Å². The number of carbonyl (C=O) groups excluding carboxylic acids is 1. The van der Waals surface area contributed by atoms with Gasteiger partial charge in [-0.1, -0.05) is 24.3 Å². The minimum atomic E-state index is -1.06. The van der Waals surface area contributed by atoms with Gasteiger partial charge in [-0.05, 0) is 86.8 Å². The molecule has 0 spiro atoms. The number of aliphatic carboxylic acids is 1. The molecule has 1 atom stereocenters. The second kappa shape index (κ2) is 13.6. The van der Waals surface area contributed by atoms with Gasteiger partial charge in [0, 0.05) is 18.4 Å². The standard InChI is InChI=1S/C32H34N2O7/c1-20(2)39-32(37)30(33)27-19-26(15-9-22(27)12-16-29(35)36)38-18-17-28-21(3)40-31(34-28)23-10-13-25(14-11-23)41-24-7-5-4-6-8-24/h4-11,13-15,19-20,30H,12,16-18,33H2,1-3H3,(H,35,36). The quantitative estimate of drug-likeness (QED) is 0.189. The molecule has 0 bridgehead atoms. The summed E-state index contributed by atoms with van der Waals surface area (Å²) in [7, 11) is 0. The SMILES string of the molecule is Cc1oc(-c2ccc(Oc3ccccc3)cc2)nc1CCOc1ccc(CCC(=O)O)c(C(N)C(=O)OC(C)C)c1. The van der Waals surface area contributed by atoms with E-state index < -0.39 is 18.0 Å². The van der Waals surface area contributed by atoms with E-state index in [9.17, 15) is 9.59 Å². The predicted octanol–water partition coefficient (Wildman–Crippen LogP) is 6.03. The summed E-state index contributed by atoms with van der Waals surface area (Å²) in [6, 6.07) is 21.2. The van der Waals surface area contributed by atoms with E-state index in [0.717, 1.165) is 17.0 Å². The lowest BCUT2D eigenvalue weighted by molar-refractivity contribution is -0.149. The number of para-hydroxylation sites is 1. The lowest BCUT2D eigenvalue weighted by atomic mass is 9.97. The molecule has 0 amide bonds. The number of oxazole rings is 1. The molecule has 1 unspecified atom stereocenters. The molecule has 0 aliphatic heterocycles. The van der Waals surface area contributed by atoms with Gasteiger partial charge in [0.05, 0.1) is 18.4 Å². The number of carbonyl (C=O) groups is 2. The zero-order chi connectivity index (χ0) is 29.4. The highest BCUT2D eigenvalue weighted by Crippen LogP contribution is 2.28. The summed E-state index contributed by atoms with van der Waals surface area (Å²) >= 11 is 0. The van der Waals surface area contributed by atoms with E-state index in [1.54, 1.807) is 32.0 Å². The summed E-state index contributed by atoms with van der Waals surface area (Å²) in [5, 5.41) is 9.11. The number of aromatic nitrogens is 1. The summed E-state index contributed by atoms with van der Waals surface area (Å²) in [4.78, 5) is 28.2. The van der Waals surface area contributed by atoms with Crippen LogP contribution in [0.5, 0.6) is 17.2 Å². The van der Waals surface area contributed by atoms with E-state index in [1.165, 1.54) is 0 Å². The van der Waals surface area contributed by atoms with E-state index in [1.807, 2.05) is 61.5 Å². The van der Waals surface area contributed by atoms with E-state index >= 15 is 0 Å². The minimum Gasteiger partial charge on any atom is -0.493 e. The minimum absolute atomic E-state index is 0.0876. The maximum Gasteiger partial charge on any atom is 0.327 e. The van der Waals surface area contributed by atoms with Crippen molar-refractivity contribution in [3.63, 3.8) is 0 Å². The van der Waals surface area contributed by atoms with Gasteiger partial charge < -0.3 is 29.5 Å². The first-order valence-corrected chi connectivity index (χ1v) is 13.4. The zero-order valence-electron chi connectivity index (χ0n) is 23.3. The van der Waals surface area contributed by atoms with Crippen molar-refractivity contribution in [1.29, 1.82) is 0 Å². The molecule has 1 heterocycles. The van der Waals surface area contributed by atoms with Gasteiger partial charge in [-0.15, -0.1) is 0 Å². The number of carboxylic acid groups (broad SMARTS) is 1. The predicted molar refractivity (Wildman–Crippen MR) is 153 cm³/mol. The second-order valence-corrected chi connectivity index (χ2v) is 9.78. The maximum atomic E-state index is 12.5. The molecule has 3 N–H and O–H groups in total. The smallest absolute Gasteiger partial charge is 0.327 e. The number of benzene rings is 3. The Kier molecular flexibility index (Phi) is 9.76. The number of esters is 1. The number of nitrogens with zero attached hydrogens (tertiary/aromatic N) is 1. The summed E-state index contributed by atoms with van der Waals surface area (Å²) in [6.45, 7) is 5.63. The Bertz CT molecular complexity index is 1460. The fourth-order valence-corrected chi connectivity index (χ4v) is 4.19. The molecule has 1 aromatic heterocycles. The Balaban J connectivity index is 1.40. The Morgan fingerprint density at radius 1 is 0.951 bits per heavy atom. The van der Waals surface area contributed by atoms with Crippen molar-refractivity contribution >= 4 is 11.9 Å². The lowest BCUT2D eigenvalue weighted by Gasteiger charge is -2.18. The van der Waals surface area contributed by atoms with Crippen LogP contribution in [0.15, 0.2) is 77.2 Å². The fourth-order valence-electron chi connectivity index (χ4n) is 4.19. The molecule has 0 saturated carbocycles. The average Bonchev–Trinajstić information content (AvgIpc) is 3.32. The number of aryl methyl sites for hydroxylation is 2. The third-order valence-electron chi connectivity index (χ3n) is 6.25. The molecular weight excluding hydrogens is 524 g/mol. The van der Waals surface area contributed by atoms with Gasteiger partial charge in [0.15, 0.2) is 0 Å². The second-order valence-electron chi connectivity index (χ2n) is 9.78. The number of hydrogen-bond donors (Lipinski definition) is 2. The van der Waals surface area contributed by atoms with Gasteiger partial charge in [0.2, 0.25) is 5.89 Å². The van der Waals surface area contributed by atoms with Gasteiger partial charge in [-0.3, -0.25) is 4.79 Å². The lowest BCUT2D eigenvalue weighted by Crippen LogP contribution is -2.27. The molecule has 4 rings (SSSR count). The van der Waals surface area contributed by atoms with Crippen LogP contribution in [0.1, 0.15) is 48.9 Å². The molecule has 0 aliphatic rings. The zero-order valence-corrected chi connectivity index (χ0v) is 23.3. The highest BCUT2D eigenvalue weighted by molar-refractivity contribution is 5.78. The van der Waals surface area contributed by atoms with Crippen molar-refractivity contribution in [2.45, 2.75) is 52.2 Å². The van der Waals surface area contributed by atoms with Crippen LogP contribution in [0.25, 0.3) is 11.5 Å². The van der Waals surface area contributed by atoms with Crippen LogP contribution in [-0.4, -0.2) is 34.7 Å². The van der Waals surface area contributed by atoms with Crippen LogP contribution in [0, 0.1) is 6.92 Å². The van der Waals surface area contributed by atoms with Crippen molar-refractivity contribution in [3.8, 4) is 28.7 Å². The fraction of sp³-hybridized carbons (Fsp3) is 0.281. The number of rotatable bonds is 13. The van der Waals surface area contributed by atoms with Crippen molar-refractivity contribution in [2.75, 3.05) is 6.61 Å². The van der Waals surface area contributed by atoms with E-state index in [-0.39, 0.29) is 18.9 Å². The summed E-state index contributed by atoms with van der Waals surface area (Å²) in [5.41, 5.74) is 8.93. The molecule has 9 nitrogen and oxygen atoms in total. The average molecular weight is 559 g/mol. The molecule has 214 valence electrons. The molecule has 41 heavy (non-hydrogen) atoms. The number of nitrogens with two attached hydrogens (primary N) is 1. The van der Waals surface area contributed by atoms with Crippen LogP contribution >= 0.6 is 0 Å². The topological polar surface area (TPSA) is 134 Å². The van der Waals surface area contributed by atoms with Gasteiger partial charge >= 0.3 is 11.9 Å². The number of carboxylic acids is 1. The van der Waals surface area contributed by atoms with Crippen molar-refractivity contribution in [1.82, 2.24) is 4.98 Å². The summed E-state index contributed by atoms with van der Waals surface area (Å²) in [6.07, 6.45) is 0.303. The summed E-state index contributed by atoms with van der Waals surface area (Å²) < 4.78 is 23.0. The van der Waals surface area contributed by atoms with Crippen LogP contribution in [-0.2, 0) is 27.2 Å². The third-order valence-corrected chi connectivity index (χ3v) is 6.25. The first kappa shape index (κ1) is 29.4. The van der Waals surface area contributed by atoms with Crippen molar-refractivity contribution in [3.05, 3.63) is 95.4 Å². The Morgan fingerprint density at radius 2 is 1.63 bits per heavy atom. The molecule has 0 radical (unpaired) electrons. The van der Waals surface area contributed by atoms with Gasteiger partial charge in [0.25, 0.3) is 0 Å². The number of hydrogen-bond acceptors (Lipinski definition) is 8. The van der Waals surface area contributed by atoms with Gasteiger partial charge in [0.1, 0.15) is 29.1 Å². The first-order valence-electron chi connectivity index (χ1n) is 13.4. The summed E-state index contributed by atoms with van der Waals surface area (Å²) in [5.74, 6) is 1.64. The molecule has 0 fully saturated rings. The maximum absolute atomic E-state index is 12.5. The van der Waals surface area contributed by atoms with Gasteiger partial charge in [-0.25, -0.2) is 9.78 Å². The third kappa shape index (κ3) is 8.18. The Labute approximate surface area is 238 Å². The van der Waals surface area contributed by atoms with E-state index in [0.29, 0.717) is 47.3 Å². The van der Waals surface area contributed by atoms with Gasteiger partial charge in [-0.2, -0.15) is 0 Å².